The molecule has 1 amide bonds. The molecule has 1 unspecified atom stereocenters. The summed E-state index contributed by atoms with van der Waals surface area (Å²) in [4.78, 5) is 12.9. The molecule has 0 fully saturated rings. The third-order valence-electron chi connectivity index (χ3n) is 3.86. The van der Waals surface area contributed by atoms with E-state index in [-0.39, 0.29) is 22.5 Å². The number of carbonyl (C=O) groups excluding carboxylic acids is 1. The Morgan fingerprint density at radius 2 is 2.00 bits per heavy atom. The van der Waals surface area contributed by atoms with Gasteiger partial charge in [0.2, 0.25) is 21.9 Å². The molecular formula is C16H21N7O3S2. The van der Waals surface area contributed by atoms with Gasteiger partial charge >= 0.3 is 0 Å². The highest BCUT2D eigenvalue weighted by molar-refractivity contribution is 7.99. The van der Waals surface area contributed by atoms with E-state index in [2.05, 4.69) is 15.5 Å². The summed E-state index contributed by atoms with van der Waals surface area (Å²) >= 11 is 1.14. The third-order valence-corrected chi connectivity index (χ3v) is 6.50. The zero-order chi connectivity index (χ0) is 20.9. The van der Waals surface area contributed by atoms with Gasteiger partial charge in [0, 0.05) is 19.8 Å². The first-order valence-corrected chi connectivity index (χ1v) is 10.7. The van der Waals surface area contributed by atoms with Crippen LogP contribution in [0.2, 0.25) is 0 Å². The molecule has 1 aromatic carbocycles. The maximum Gasteiger partial charge on any atom is 0.247 e. The van der Waals surface area contributed by atoms with Crippen molar-refractivity contribution < 1.29 is 13.2 Å². The first-order chi connectivity index (χ1) is 13.2. The van der Waals surface area contributed by atoms with Crippen molar-refractivity contribution >= 4 is 39.3 Å². The number of hydrogen-bond donors (Lipinski definition) is 2. The number of sulfonamides is 1. The Morgan fingerprint density at radius 3 is 2.54 bits per heavy atom. The highest BCUT2D eigenvalue weighted by Crippen LogP contribution is 2.26. The van der Waals surface area contributed by atoms with E-state index in [1.807, 2.05) is 13.0 Å². The second-order valence-corrected chi connectivity index (χ2v) is 8.98. The van der Waals surface area contributed by atoms with Crippen molar-refractivity contribution in [2.75, 3.05) is 30.9 Å². The van der Waals surface area contributed by atoms with Crippen molar-refractivity contribution in [1.29, 1.82) is 5.26 Å². The van der Waals surface area contributed by atoms with E-state index in [0.717, 1.165) is 16.1 Å². The number of rotatable bonds is 8. The topological polar surface area (TPSA) is 147 Å². The van der Waals surface area contributed by atoms with E-state index in [4.69, 9.17) is 11.0 Å². The number of aromatic nitrogens is 3. The third kappa shape index (κ3) is 4.61. The van der Waals surface area contributed by atoms with E-state index in [1.165, 1.54) is 42.9 Å². The predicted octanol–water partition coefficient (Wildman–Crippen LogP) is 1.32. The van der Waals surface area contributed by atoms with Crippen molar-refractivity contribution in [3.05, 3.63) is 24.3 Å². The van der Waals surface area contributed by atoms with Crippen LogP contribution in [0.4, 0.5) is 11.6 Å². The van der Waals surface area contributed by atoms with Gasteiger partial charge in [0.15, 0.2) is 5.16 Å². The summed E-state index contributed by atoms with van der Waals surface area (Å²) in [6.07, 6.45) is 0.418. The molecule has 0 aliphatic heterocycles. The SMILES string of the molecule is CCC(C(=O)Nc1ccc(S(=O)(=O)N(C)C)cc1)n1c(N)nnc1SCC#N. The number of nitrogens with one attached hydrogen (secondary N) is 1. The lowest BCUT2D eigenvalue weighted by molar-refractivity contribution is -0.119. The van der Waals surface area contributed by atoms with Crippen molar-refractivity contribution in [3.8, 4) is 6.07 Å². The molecule has 0 bridgehead atoms. The van der Waals surface area contributed by atoms with E-state index < -0.39 is 16.1 Å². The summed E-state index contributed by atoms with van der Waals surface area (Å²) in [5.74, 6) is -0.122. The number of nitrogens with two attached hydrogens (primary N) is 1. The molecular weight excluding hydrogens is 402 g/mol. The molecule has 1 aromatic heterocycles. The van der Waals surface area contributed by atoms with Gasteiger partial charge in [-0.05, 0) is 30.7 Å². The van der Waals surface area contributed by atoms with Crippen LogP contribution in [0.3, 0.4) is 0 Å². The molecule has 0 saturated heterocycles. The molecule has 150 valence electrons. The fraction of sp³-hybridized carbons (Fsp3) is 0.375. The van der Waals surface area contributed by atoms with Gasteiger partial charge in [-0.2, -0.15) is 5.26 Å². The Balaban J connectivity index is 2.22. The van der Waals surface area contributed by atoms with Gasteiger partial charge in [-0.25, -0.2) is 12.7 Å². The van der Waals surface area contributed by atoms with Crippen LogP contribution in [0.5, 0.6) is 0 Å². The maximum absolute atomic E-state index is 12.8. The van der Waals surface area contributed by atoms with Crippen molar-refractivity contribution in [2.24, 2.45) is 0 Å². The molecule has 0 spiro atoms. The smallest absolute Gasteiger partial charge is 0.247 e. The summed E-state index contributed by atoms with van der Waals surface area (Å²) in [5, 5.41) is 19.6. The summed E-state index contributed by atoms with van der Waals surface area (Å²) in [6.45, 7) is 1.81. The van der Waals surface area contributed by atoms with Crippen LogP contribution in [0.25, 0.3) is 0 Å². The number of nitrogens with zero attached hydrogens (tertiary/aromatic N) is 5. The molecule has 1 atom stereocenters. The monoisotopic (exact) mass is 423 g/mol. The second-order valence-electron chi connectivity index (χ2n) is 5.88. The van der Waals surface area contributed by atoms with Gasteiger partial charge in [0.1, 0.15) is 6.04 Å². The van der Waals surface area contributed by atoms with Crippen LogP contribution in [0.15, 0.2) is 34.3 Å². The molecule has 28 heavy (non-hydrogen) atoms. The number of anilines is 2. The second kappa shape index (κ2) is 9.05. The van der Waals surface area contributed by atoms with Gasteiger partial charge in [-0.3, -0.25) is 9.36 Å². The lowest BCUT2D eigenvalue weighted by atomic mass is 10.2. The lowest BCUT2D eigenvalue weighted by Crippen LogP contribution is -2.27. The highest BCUT2D eigenvalue weighted by atomic mass is 32.2. The molecule has 2 aromatic rings. The van der Waals surface area contributed by atoms with Crippen LogP contribution >= 0.6 is 11.8 Å². The van der Waals surface area contributed by atoms with Crippen molar-refractivity contribution in [3.63, 3.8) is 0 Å². The Kier molecular flexibility index (Phi) is 7.00. The largest absolute Gasteiger partial charge is 0.368 e. The predicted molar refractivity (Wildman–Crippen MR) is 106 cm³/mol. The number of nitrogen functional groups attached to an aromatic ring is 1. The van der Waals surface area contributed by atoms with Gasteiger partial charge < -0.3 is 11.1 Å². The average molecular weight is 424 g/mol. The Labute approximate surface area is 167 Å². The molecule has 10 nitrogen and oxygen atoms in total. The van der Waals surface area contributed by atoms with Crippen LogP contribution in [0.1, 0.15) is 19.4 Å². The molecule has 0 radical (unpaired) electrons. The fourth-order valence-corrected chi connectivity index (χ4v) is 3.96. The van der Waals surface area contributed by atoms with Gasteiger partial charge in [0.05, 0.1) is 16.7 Å². The van der Waals surface area contributed by atoms with Crippen LogP contribution in [-0.4, -0.2) is 53.2 Å². The van der Waals surface area contributed by atoms with Gasteiger partial charge in [-0.15, -0.1) is 10.2 Å². The number of carbonyl (C=O) groups is 1. The van der Waals surface area contributed by atoms with Crippen LogP contribution < -0.4 is 11.1 Å². The molecule has 3 N–H and O–H groups in total. The molecule has 0 aliphatic carbocycles. The minimum atomic E-state index is -3.54. The summed E-state index contributed by atoms with van der Waals surface area (Å²) in [5.41, 5.74) is 6.30. The number of nitriles is 1. The van der Waals surface area contributed by atoms with E-state index in [1.54, 1.807) is 0 Å². The quantitative estimate of drug-likeness (QED) is 0.604. The first kappa shape index (κ1) is 21.7. The minimum Gasteiger partial charge on any atom is -0.368 e. The van der Waals surface area contributed by atoms with E-state index in [0.29, 0.717) is 17.3 Å². The summed E-state index contributed by atoms with van der Waals surface area (Å²) in [6, 6.07) is 7.19. The number of hydrogen-bond acceptors (Lipinski definition) is 8. The Bertz CT molecular complexity index is 979. The van der Waals surface area contributed by atoms with Gasteiger partial charge in [0.25, 0.3) is 0 Å². The molecule has 1 heterocycles. The number of thioether (sulfide) groups is 1. The van der Waals surface area contributed by atoms with E-state index >= 15 is 0 Å². The standard InChI is InChI=1S/C16H21N7O3S2/c1-4-13(23-15(18)20-21-16(23)27-10-9-17)14(24)19-11-5-7-12(8-6-11)28(25,26)22(2)3/h5-8,13H,4,10H2,1-3H3,(H2,18,20)(H,19,24). The summed E-state index contributed by atoms with van der Waals surface area (Å²) in [7, 11) is -0.651. The maximum atomic E-state index is 12.8. The number of amides is 1. The molecule has 12 heteroatoms. The first-order valence-electron chi connectivity index (χ1n) is 8.26. The molecule has 0 aliphatic rings. The van der Waals surface area contributed by atoms with Crippen LogP contribution in [-0.2, 0) is 14.8 Å². The van der Waals surface area contributed by atoms with Crippen LogP contribution in [0, 0.1) is 11.3 Å². The summed E-state index contributed by atoms with van der Waals surface area (Å²) < 4.78 is 26.8. The minimum absolute atomic E-state index is 0.0786. The Morgan fingerprint density at radius 1 is 1.36 bits per heavy atom. The average Bonchev–Trinajstić information content (AvgIpc) is 3.01. The van der Waals surface area contributed by atoms with Crippen molar-refractivity contribution in [2.45, 2.75) is 29.4 Å². The molecule has 0 saturated carbocycles. The zero-order valence-corrected chi connectivity index (χ0v) is 17.3. The van der Waals surface area contributed by atoms with Crippen molar-refractivity contribution in [1.82, 2.24) is 19.1 Å². The number of benzene rings is 1. The Hall–Kier alpha value is -2.62. The fourth-order valence-electron chi connectivity index (χ4n) is 2.41. The lowest BCUT2D eigenvalue weighted by Gasteiger charge is -2.19. The van der Waals surface area contributed by atoms with E-state index in [9.17, 15) is 13.2 Å². The molecule has 2 rings (SSSR count). The highest BCUT2D eigenvalue weighted by Gasteiger charge is 2.25. The zero-order valence-electron chi connectivity index (χ0n) is 15.7. The normalized spacial score (nSPS) is 12.5. The van der Waals surface area contributed by atoms with Gasteiger partial charge in [-0.1, -0.05) is 18.7 Å².